The van der Waals surface area contributed by atoms with Gasteiger partial charge in [-0.3, -0.25) is 4.79 Å². The summed E-state index contributed by atoms with van der Waals surface area (Å²) in [6, 6.07) is 10.1. The van der Waals surface area contributed by atoms with E-state index >= 15 is 0 Å². The zero-order valence-corrected chi connectivity index (χ0v) is 13.7. The third kappa shape index (κ3) is 5.72. The Labute approximate surface area is 147 Å². The molecule has 0 unspecified atom stereocenters. The van der Waals surface area contributed by atoms with Crippen LogP contribution in [0.4, 0.5) is 10.1 Å². The minimum absolute atomic E-state index is 0.0764. The topological polar surface area (TPSA) is 64.6 Å². The molecule has 0 fully saturated rings. The van der Waals surface area contributed by atoms with Crippen molar-refractivity contribution in [3.8, 4) is 5.75 Å². The summed E-state index contributed by atoms with van der Waals surface area (Å²) in [6.07, 6.45) is 0. The Morgan fingerprint density at radius 1 is 1.04 bits per heavy atom. The highest BCUT2D eigenvalue weighted by atomic mass is 35.5. The summed E-state index contributed by atoms with van der Waals surface area (Å²) < 4.78 is 23.0. The molecule has 1 N–H and O–H groups in total. The number of esters is 1. The lowest BCUT2D eigenvalue weighted by Gasteiger charge is -2.09. The number of carbonyl (C=O) groups is 2. The number of para-hydroxylation sites is 1. The molecule has 126 valence electrons. The number of nitrogens with one attached hydrogen (secondary N) is 1. The second kappa shape index (κ2) is 8.52. The summed E-state index contributed by atoms with van der Waals surface area (Å²) in [5.74, 6) is -2.06. The molecule has 0 spiro atoms. The fourth-order valence-corrected chi connectivity index (χ4v) is 2.24. The number of anilines is 1. The molecule has 0 saturated carbocycles. The number of ether oxygens (including phenoxy) is 2. The highest BCUT2D eigenvalue weighted by Crippen LogP contribution is 2.22. The van der Waals surface area contributed by atoms with Crippen molar-refractivity contribution in [2.75, 3.05) is 18.5 Å². The van der Waals surface area contributed by atoms with Crippen molar-refractivity contribution in [3.05, 3.63) is 58.3 Å². The van der Waals surface area contributed by atoms with Gasteiger partial charge in [0, 0.05) is 15.7 Å². The molecule has 2 aromatic rings. The Balaban J connectivity index is 1.77. The van der Waals surface area contributed by atoms with Crippen LogP contribution in [-0.4, -0.2) is 25.1 Å². The molecule has 0 aliphatic heterocycles. The minimum atomic E-state index is -0.808. The first-order chi connectivity index (χ1) is 11.4. The first kappa shape index (κ1) is 18.0. The van der Waals surface area contributed by atoms with Gasteiger partial charge in [-0.05, 0) is 30.3 Å². The Bertz CT molecular complexity index is 734. The summed E-state index contributed by atoms with van der Waals surface area (Å²) >= 11 is 11.6. The molecule has 0 atom stereocenters. The average Bonchev–Trinajstić information content (AvgIpc) is 2.51. The van der Waals surface area contributed by atoms with E-state index in [2.05, 4.69) is 5.32 Å². The Hall–Kier alpha value is -2.31. The van der Waals surface area contributed by atoms with E-state index in [1.807, 2.05) is 0 Å². The van der Waals surface area contributed by atoms with E-state index in [9.17, 15) is 14.0 Å². The molecule has 1 amide bonds. The largest absolute Gasteiger partial charge is 0.479 e. The zero-order valence-electron chi connectivity index (χ0n) is 12.2. The molecule has 0 aromatic heterocycles. The molecule has 0 radical (unpaired) electrons. The first-order valence-electron chi connectivity index (χ1n) is 6.73. The third-order valence-electron chi connectivity index (χ3n) is 2.69. The van der Waals surface area contributed by atoms with E-state index in [1.165, 1.54) is 36.4 Å². The van der Waals surface area contributed by atoms with E-state index < -0.39 is 30.9 Å². The van der Waals surface area contributed by atoms with Crippen molar-refractivity contribution in [2.24, 2.45) is 0 Å². The smallest absolute Gasteiger partial charge is 0.344 e. The van der Waals surface area contributed by atoms with Gasteiger partial charge in [0.1, 0.15) is 0 Å². The van der Waals surface area contributed by atoms with Gasteiger partial charge in [0.25, 0.3) is 5.91 Å². The van der Waals surface area contributed by atoms with Crippen molar-refractivity contribution in [3.63, 3.8) is 0 Å². The lowest BCUT2D eigenvalue weighted by Crippen LogP contribution is -2.23. The molecule has 0 aliphatic carbocycles. The van der Waals surface area contributed by atoms with Crippen LogP contribution in [-0.2, 0) is 14.3 Å². The van der Waals surface area contributed by atoms with Crippen LogP contribution in [0.1, 0.15) is 0 Å². The molecule has 0 aliphatic rings. The molecule has 0 saturated heterocycles. The number of carbonyl (C=O) groups excluding carboxylic acids is 2. The van der Waals surface area contributed by atoms with E-state index in [0.29, 0.717) is 15.7 Å². The second-order valence-corrected chi connectivity index (χ2v) is 5.46. The van der Waals surface area contributed by atoms with Crippen molar-refractivity contribution in [1.82, 2.24) is 0 Å². The number of halogens is 3. The normalized spacial score (nSPS) is 10.1. The van der Waals surface area contributed by atoms with Crippen LogP contribution < -0.4 is 10.1 Å². The third-order valence-corrected chi connectivity index (χ3v) is 3.13. The summed E-state index contributed by atoms with van der Waals surface area (Å²) in [4.78, 5) is 23.2. The number of hydrogen-bond donors (Lipinski definition) is 1. The standard InChI is InChI=1S/C16H12Cl2FNO4/c17-10-5-11(18)7-12(6-10)20-15(21)8-24-16(22)9-23-14-4-2-1-3-13(14)19/h1-7H,8-9H2,(H,20,21). The lowest BCUT2D eigenvalue weighted by atomic mass is 10.3. The Kier molecular flexibility index (Phi) is 6.40. The fraction of sp³-hybridized carbons (Fsp3) is 0.125. The van der Waals surface area contributed by atoms with Gasteiger partial charge in [-0.15, -0.1) is 0 Å². The first-order valence-corrected chi connectivity index (χ1v) is 7.48. The average molecular weight is 372 g/mol. The van der Waals surface area contributed by atoms with E-state index in [1.54, 1.807) is 6.07 Å². The molecule has 8 heteroatoms. The number of amides is 1. The van der Waals surface area contributed by atoms with Gasteiger partial charge in [0.15, 0.2) is 24.8 Å². The highest BCUT2D eigenvalue weighted by Gasteiger charge is 2.11. The van der Waals surface area contributed by atoms with Crippen LogP contribution in [0.25, 0.3) is 0 Å². The maximum absolute atomic E-state index is 13.3. The van der Waals surface area contributed by atoms with Crippen LogP contribution in [0.3, 0.4) is 0 Å². The van der Waals surface area contributed by atoms with Gasteiger partial charge in [0.05, 0.1) is 0 Å². The van der Waals surface area contributed by atoms with E-state index in [4.69, 9.17) is 32.7 Å². The zero-order chi connectivity index (χ0) is 17.5. The number of benzene rings is 2. The SMILES string of the molecule is O=C(COC(=O)COc1ccccc1F)Nc1cc(Cl)cc(Cl)c1. The maximum Gasteiger partial charge on any atom is 0.344 e. The predicted octanol–water partition coefficient (Wildman–Crippen LogP) is 3.69. The van der Waals surface area contributed by atoms with E-state index in [-0.39, 0.29) is 5.75 Å². The summed E-state index contributed by atoms with van der Waals surface area (Å²) in [6.45, 7) is -1.04. The van der Waals surface area contributed by atoms with Crippen molar-refractivity contribution < 1.29 is 23.5 Å². The van der Waals surface area contributed by atoms with Gasteiger partial charge >= 0.3 is 5.97 Å². The lowest BCUT2D eigenvalue weighted by molar-refractivity contribution is -0.149. The Morgan fingerprint density at radius 2 is 1.71 bits per heavy atom. The monoisotopic (exact) mass is 371 g/mol. The summed E-state index contributed by atoms with van der Waals surface area (Å²) in [5, 5.41) is 3.19. The molecular formula is C16H12Cl2FNO4. The van der Waals surface area contributed by atoms with Crippen LogP contribution >= 0.6 is 23.2 Å². The molecular weight excluding hydrogens is 360 g/mol. The minimum Gasteiger partial charge on any atom is -0.479 e. The molecule has 2 aromatic carbocycles. The summed E-state index contributed by atoms with van der Waals surface area (Å²) in [7, 11) is 0. The molecule has 24 heavy (non-hydrogen) atoms. The van der Waals surface area contributed by atoms with Gasteiger partial charge < -0.3 is 14.8 Å². The van der Waals surface area contributed by atoms with Gasteiger partial charge in [-0.1, -0.05) is 35.3 Å². The van der Waals surface area contributed by atoms with Crippen molar-refractivity contribution in [1.29, 1.82) is 0 Å². The molecule has 2 rings (SSSR count). The van der Waals surface area contributed by atoms with Crippen LogP contribution in [0, 0.1) is 5.82 Å². The maximum atomic E-state index is 13.3. The van der Waals surface area contributed by atoms with Gasteiger partial charge in [0.2, 0.25) is 0 Å². The number of rotatable bonds is 6. The van der Waals surface area contributed by atoms with Crippen LogP contribution in [0.5, 0.6) is 5.75 Å². The molecule has 0 bridgehead atoms. The highest BCUT2D eigenvalue weighted by molar-refractivity contribution is 6.35. The fourth-order valence-electron chi connectivity index (χ4n) is 1.71. The van der Waals surface area contributed by atoms with Crippen LogP contribution in [0.15, 0.2) is 42.5 Å². The second-order valence-electron chi connectivity index (χ2n) is 4.59. The van der Waals surface area contributed by atoms with Crippen molar-refractivity contribution in [2.45, 2.75) is 0 Å². The van der Waals surface area contributed by atoms with Crippen molar-refractivity contribution >= 4 is 40.8 Å². The molecule has 0 heterocycles. The Morgan fingerprint density at radius 3 is 2.38 bits per heavy atom. The van der Waals surface area contributed by atoms with Crippen LogP contribution in [0.2, 0.25) is 10.0 Å². The van der Waals surface area contributed by atoms with Gasteiger partial charge in [-0.25, -0.2) is 9.18 Å². The summed E-state index contributed by atoms with van der Waals surface area (Å²) in [5.41, 5.74) is 0.371. The van der Waals surface area contributed by atoms with E-state index in [0.717, 1.165) is 0 Å². The quantitative estimate of drug-likeness (QED) is 0.786. The van der Waals surface area contributed by atoms with Gasteiger partial charge in [-0.2, -0.15) is 0 Å². The number of hydrogen-bond acceptors (Lipinski definition) is 4. The predicted molar refractivity (Wildman–Crippen MR) is 87.9 cm³/mol. The molecule has 5 nitrogen and oxygen atoms in total.